The lowest BCUT2D eigenvalue weighted by Crippen LogP contribution is -2.15. The average molecular weight is 562 g/mol. The Kier molecular flexibility index (Phi) is 7.71. The smallest absolute Gasteiger partial charge is 0.274 e. The Morgan fingerprint density at radius 3 is 1.90 bits per heavy atom. The van der Waals surface area contributed by atoms with E-state index in [9.17, 15) is 19.8 Å². The molecule has 0 bridgehead atoms. The molecule has 2 aromatic heterocycles. The van der Waals surface area contributed by atoms with E-state index in [-0.39, 0.29) is 31.3 Å². The summed E-state index contributed by atoms with van der Waals surface area (Å²) in [5.74, 6) is 0.468. The zero-order valence-electron chi connectivity index (χ0n) is 24.0. The summed E-state index contributed by atoms with van der Waals surface area (Å²) in [6.45, 7) is 3.85. The summed E-state index contributed by atoms with van der Waals surface area (Å²) in [5, 5.41) is 22.4. The van der Waals surface area contributed by atoms with Crippen molar-refractivity contribution in [3.63, 3.8) is 0 Å². The van der Waals surface area contributed by atoms with Gasteiger partial charge in [0, 0.05) is 24.5 Å². The third-order valence-corrected chi connectivity index (χ3v) is 8.61. The molecule has 0 saturated heterocycles. The largest absolute Gasteiger partial charge is 0.392 e. The van der Waals surface area contributed by atoms with Gasteiger partial charge in [-0.15, -0.1) is 0 Å². The molecule has 0 aliphatic heterocycles. The van der Waals surface area contributed by atoms with E-state index >= 15 is 0 Å². The van der Waals surface area contributed by atoms with Crippen molar-refractivity contribution in [3.8, 4) is 11.1 Å². The van der Waals surface area contributed by atoms with Crippen molar-refractivity contribution >= 4 is 17.4 Å². The second kappa shape index (κ2) is 11.6. The molecule has 1 amide bonds. The van der Waals surface area contributed by atoms with E-state index in [1.165, 1.54) is 0 Å². The fraction of sp³-hybridized carbons (Fsp3) is 0.314. The highest BCUT2D eigenvalue weighted by atomic mass is 16.3. The Balaban J connectivity index is 1.23. The highest BCUT2D eigenvalue weighted by Crippen LogP contribution is 2.43. The van der Waals surface area contributed by atoms with E-state index < -0.39 is 0 Å². The molecule has 7 heteroatoms. The van der Waals surface area contributed by atoms with Crippen molar-refractivity contribution in [2.24, 2.45) is 0 Å². The van der Waals surface area contributed by atoms with Crippen LogP contribution in [-0.2, 0) is 19.6 Å². The van der Waals surface area contributed by atoms with Gasteiger partial charge in [0.1, 0.15) is 11.4 Å². The van der Waals surface area contributed by atoms with E-state index in [0.717, 1.165) is 75.8 Å². The van der Waals surface area contributed by atoms with Gasteiger partial charge in [0.15, 0.2) is 5.78 Å². The normalized spacial score (nSPS) is 14.6. The molecule has 7 nitrogen and oxygen atoms in total. The Morgan fingerprint density at radius 2 is 1.31 bits per heavy atom. The van der Waals surface area contributed by atoms with E-state index in [2.05, 4.69) is 15.3 Å². The summed E-state index contributed by atoms with van der Waals surface area (Å²) in [7, 11) is 0. The fourth-order valence-electron chi connectivity index (χ4n) is 5.77. The minimum absolute atomic E-state index is 0.0512. The summed E-state index contributed by atoms with van der Waals surface area (Å²) in [5.41, 5.74) is 9.91. The van der Waals surface area contributed by atoms with E-state index in [4.69, 9.17) is 0 Å². The third-order valence-electron chi connectivity index (χ3n) is 8.61. The van der Waals surface area contributed by atoms with Crippen LogP contribution < -0.4 is 5.32 Å². The molecule has 0 spiro atoms. The predicted octanol–water partition coefficient (Wildman–Crippen LogP) is 6.18. The van der Waals surface area contributed by atoms with Crippen LogP contribution in [0.15, 0.2) is 60.9 Å². The maximum Gasteiger partial charge on any atom is 0.274 e. The van der Waals surface area contributed by atoms with Crippen LogP contribution in [0, 0.1) is 13.8 Å². The van der Waals surface area contributed by atoms with Crippen molar-refractivity contribution in [2.75, 3.05) is 5.32 Å². The fourth-order valence-corrected chi connectivity index (χ4v) is 5.77. The number of aliphatic hydroxyl groups excluding tert-OH is 2. The summed E-state index contributed by atoms with van der Waals surface area (Å²) in [4.78, 5) is 35.2. The van der Waals surface area contributed by atoms with Crippen molar-refractivity contribution < 1.29 is 19.8 Å². The van der Waals surface area contributed by atoms with Crippen LogP contribution in [0.4, 0.5) is 5.69 Å². The molecular weight excluding hydrogens is 526 g/mol. The molecule has 2 aliphatic rings. The molecule has 0 unspecified atom stereocenters. The molecule has 0 radical (unpaired) electrons. The number of nitrogens with one attached hydrogen (secondary N) is 1. The molecule has 3 N–H and O–H groups in total. The van der Waals surface area contributed by atoms with E-state index in [1.807, 2.05) is 62.4 Å². The van der Waals surface area contributed by atoms with Gasteiger partial charge < -0.3 is 15.5 Å². The quantitative estimate of drug-likeness (QED) is 0.199. The van der Waals surface area contributed by atoms with Gasteiger partial charge in [-0.25, -0.2) is 0 Å². The number of pyridine rings is 2. The number of aliphatic hydroxyl groups is 2. The second-order valence-corrected chi connectivity index (χ2v) is 11.5. The first kappa shape index (κ1) is 27.9. The summed E-state index contributed by atoms with van der Waals surface area (Å²) in [6, 6.07) is 15.5. The first-order chi connectivity index (χ1) is 20.4. The van der Waals surface area contributed by atoms with Gasteiger partial charge in [-0.1, -0.05) is 30.3 Å². The van der Waals surface area contributed by atoms with Crippen LogP contribution in [0.2, 0.25) is 0 Å². The number of amides is 1. The molecule has 0 atom stereocenters. The average Bonchev–Trinajstić information content (AvgIpc) is 3.93. The van der Waals surface area contributed by atoms with Gasteiger partial charge >= 0.3 is 0 Å². The number of carbonyl (C=O) groups is 2. The van der Waals surface area contributed by atoms with Crippen LogP contribution >= 0.6 is 0 Å². The van der Waals surface area contributed by atoms with Crippen LogP contribution in [0.1, 0.15) is 97.4 Å². The molecule has 2 saturated carbocycles. The number of rotatable bonds is 10. The zero-order chi connectivity index (χ0) is 29.4. The Bertz CT molecular complexity index is 1560. The van der Waals surface area contributed by atoms with E-state index in [0.29, 0.717) is 28.9 Å². The molecular formula is C35H35N3O4. The van der Waals surface area contributed by atoms with Crippen LogP contribution in [0.25, 0.3) is 11.1 Å². The Labute approximate surface area is 245 Å². The first-order valence-corrected chi connectivity index (χ1v) is 14.6. The molecule has 42 heavy (non-hydrogen) atoms. The number of nitrogens with zero attached hydrogens (tertiary/aromatic N) is 2. The molecule has 4 aromatic rings. The summed E-state index contributed by atoms with van der Waals surface area (Å²) in [6.07, 6.45) is 7.76. The van der Waals surface area contributed by atoms with Gasteiger partial charge in [-0.05, 0) is 120 Å². The van der Waals surface area contributed by atoms with Gasteiger partial charge in [0.25, 0.3) is 5.91 Å². The maximum absolute atomic E-state index is 13.3. The van der Waals surface area contributed by atoms with Gasteiger partial charge in [-0.2, -0.15) is 0 Å². The molecule has 2 aromatic carbocycles. The summed E-state index contributed by atoms with van der Waals surface area (Å²) < 4.78 is 0. The Hall–Kier alpha value is -4.20. The number of anilines is 1. The highest BCUT2D eigenvalue weighted by molar-refractivity contribution is 6.04. The number of hydrogen-bond acceptors (Lipinski definition) is 6. The number of ketones is 1. The molecule has 2 heterocycles. The number of hydrogen-bond donors (Lipinski definition) is 3. The lowest BCUT2D eigenvalue weighted by Gasteiger charge is -2.17. The van der Waals surface area contributed by atoms with Crippen LogP contribution in [0.3, 0.4) is 0 Å². The maximum atomic E-state index is 13.3. The summed E-state index contributed by atoms with van der Waals surface area (Å²) >= 11 is 0. The monoisotopic (exact) mass is 561 g/mol. The van der Waals surface area contributed by atoms with Crippen molar-refractivity contribution in [2.45, 2.75) is 71.0 Å². The highest BCUT2D eigenvalue weighted by Gasteiger charge is 2.28. The predicted molar refractivity (Wildman–Crippen MR) is 162 cm³/mol. The lowest BCUT2D eigenvalue weighted by atomic mass is 9.91. The third kappa shape index (κ3) is 5.62. The lowest BCUT2D eigenvalue weighted by molar-refractivity contribution is 0.0985. The van der Waals surface area contributed by atoms with Crippen molar-refractivity contribution in [1.29, 1.82) is 0 Å². The Morgan fingerprint density at radius 1 is 0.762 bits per heavy atom. The van der Waals surface area contributed by atoms with E-state index in [1.54, 1.807) is 12.4 Å². The zero-order valence-corrected chi connectivity index (χ0v) is 24.0. The SMILES string of the molecule is Cc1c(CC(=O)c2cc(C3CC3)c(CO)cn2)cccc1-c1cccc(NC(=O)c2cc(C3CC3)c(CO)cn2)c1C. The first-order valence-electron chi connectivity index (χ1n) is 14.6. The molecule has 2 aliphatic carbocycles. The topological polar surface area (TPSA) is 112 Å². The molecule has 6 rings (SSSR count). The number of benzene rings is 2. The number of aromatic nitrogens is 2. The van der Waals surface area contributed by atoms with Gasteiger partial charge in [0.05, 0.1) is 13.2 Å². The minimum Gasteiger partial charge on any atom is -0.392 e. The second-order valence-electron chi connectivity index (χ2n) is 11.5. The standard InChI is InChI=1S/C35H35N3O4/c1-20-24(13-34(41)32-14-29(22-9-10-22)25(18-39)16-36-32)5-3-6-27(20)28-7-4-8-31(21(28)2)38-35(42)33-15-30(23-11-12-23)26(19-40)17-37-33/h3-8,14-17,22-23,39-40H,9-13,18-19H2,1-2H3,(H,38,42). The number of carbonyl (C=O) groups excluding carboxylic acids is 2. The minimum atomic E-state index is -0.289. The van der Waals surface area contributed by atoms with Crippen molar-refractivity contribution in [3.05, 3.63) is 111 Å². The molecule has 214 valence electrons. The van der Waals surface area contributed by atoms with Crippen molar-refractivity contribution in [1.82, 2.24) is 9.97 Å². The van der Waals surface area contributed by atoms with Gasteiger partial charge in [0.2, 0.25) is 0 Å². The molecule has 2 fully saturated rings. The van der Waals surface area contributed by atoms with Crippen LogP contribution in [0.5, 0.6) is 0 Å². The van der Waals surface area contributed by atoms with Gasteiger partial charge in [-0.3, -0.25) is 19.6 Å². The number of Topliss-reactive ketones (excluding diaryl/α,β-unsaturated/α-hetero) is 1. The van der Waals surface area contributed by atoms with Crippen LogP contribution in [-0.4, -0.2) is 31.9 Å².